The number of aliphatic hydroxyl groups excluding tert-OH is 1. The molecule has 2 heterocycles. The average molecular weight is 343 g/mol. The van der Waals surface area contributed by atoms with E-state index in [1.807, 2.05) is 48.5 Å². The molecule has 3 rings (SSSR count). The molecule has 0 spiro atoms. The van der Waals surface area contributed by atoms with Gasteiger partial charge in [-0.25, -0.2) is 0 Å². The summed E-state index contributed by atoms with van der Waals surface area (Å²) < 4.78 is 11.1. The Balaban J connectivity index is 1.55. The lowest BCUT2D eigenvalue weighted by atomic mass is 10.3. The van der Waals surface area contributed by atoms with Gasteiger partial charge in [-0.05, 0) is 35.7 Å². The van der Waals surface area contributed by atoms with E-state index >= 15 is 0 Å². The Morgan fingerprint density at radius 3 is 2.62 bits per heavy atom. The Bertz CT molecular complexity index is 647. The van der Waals surface area contributed by atoms with E-state index in [1.54, 1.807) is 17.6 Å². The van der Waals surface area contributed by atoms with Gasteiger partial charge < -0.3 is 14.3 Å². The Labute approximate surface area is 145 Å². The number of benzene rings is 1. The number of rotatable bonds is 9. The third kappa shape index (κ3) is 5.23. The standard InChI is InChI=1S/C19H21NO3S/c21-16(15-23-17-6-2-1-3-7-17)12-20(13-18-8-4-10-22-18)14-19-9-5-11-24-19/h1-11,16,21H,12-15H2. The molecule has 3 aromatic rings. The molecule has 1 aromatic carbocycles. The zero-order valence-electron chi connectivity index (χ0n) is 13.4. The highest BCUT2D eigenvalue weighted by atomic mass is 32.1. The first kappa shape index (κ1) is 16.8. The first-order chi connectivity index (χ1) is 11.8. The number of ether oxygens (including phenoxy) is 1. The summed E-state index contributed by atoms with van der Waals surface area (Å²) in [5.41, 5.74) is 0. The van der Waals surface area contributed by atoms with Crippen LogP contribution in [0.1, 0.15) is 10.6 Å². The Morgan fingerprint density at radius 2 is 1.92 bits per heavy atom. The molecule has 126 valence electrons. The second-order valence-electron chi connectivity index (χ2n) is 5.61. The number of nitrogens with zero attached hydrogens (tertiary/aromatic N) is 1. The molecular weight excluding hydrogens is 322 g/mol. The molecule has 24 heavy (non-hydrogen) atoms. The fourth-order valence-corrected chi connectivity index (χ4v) is 3.24. The lowest BCUT2D eigenvalue weighted by Crippen LogP contribution is -2.34. The second-order valence-corrected chi connectivity index (χ2v) is 6.64. The predicted octanol–water partition coefficient (Wildman–Crippen LogP) is 3.78. The van der Waals surface area contributed by atoms with Crippen molar-refractivity contribution in [3.8, 4) is 5.75 Å². The molecule has 1 atom stereocenters. The van der Waals surface area contributed by atoms with Gasteiger partial charge >= 0.3 is 0 Å². The van der Waals surface area contributed by atoms with Crippen molar-refractivity contribution < 1.29 is 14.3 Å². The molecule has 0 aliphatic rings. The minimum Gasteiger partial charge on any atom is -0.491 e. The summed E-state index contributed by atoms with van der Waals surface area (Å²) in [5.74, 6) is 1.66. The first-order valence-corrected chi connectivity index (χ1v) is 8.80. The van der Waals surface area contributed by atoms with Crippen molar-refractivity contribution in [2.24, 2.45) is 0 Å². The number of hydrogen-bond acceptors (Lipinski definition) is 5. The third-order valence-corrected chi connectivity index (χ3v) is 4.43. The van der Waals surface area contributed by atoms with Crippen LogP contribution >= 0.6 is 11.3 Å². The van der Waals surface area contributed by atoms with Gasteiger partial charge in [0.15, 0.2) is 0 Å². The number of furan rings is 1. The predicted molar refractivity (Wildman–Crippen MR) is 95.1 cm³/mol. The lowest BCUT2D eigenvalue weighted by molar-refractivity contribution is 0.0608. The van der Waals surface area contributed by atoms with E-state index in [9.17, 15) is 5.11 Å². The molecule has 0 bridgehead atoms. The quantitative estimate of drug-likeness (QED) is 0.642. The fourth-order valence-electron chi connectivity index (χ4n) is 2.49. The molecule has 0 aliphatic heterocycles. The van der Waals surface area contributed by atoms with E-state index in [0.717, 1.165) is 18.1 Å². The van der Waals surface area contributed by atoms with Crippen molar-refractivity contribution in [1.82, 2.24) is 4.90 Å². The van der Waals surface area contributed by atoms with E-state index < -0.39 is 6.10 Å². The third-order valence-electron chi connectivity index (χ3n) is 3.57. The largest absolute Gasteiger partial charge is 0.491 e. The number of aliphatic hydroxyl groups is 1. The minimum atomic E-state index is -0.569. The van der Waals surface area contributed by atoms with Gasteiger partial charge in [-0.2, -0.15) is 0 Å². The van der Waals surface area contributed by atoms with Gasteiger partial charge in [0.25, 0.3) is 0 Å². The summed E-state index contributed by atoms with van der Waals surface area (Å²) in [6, 6.07) is 17.5. The molecule has 5 heteroatoms. The first-order valence-electron chi connectivity index (χ1n) is 7.92. The number of hydrogen-bond donors (Lipinski definition) is 1. The van der Waals surface area contributed by atoms with Gasteiger partial charge in [-0.15, -0.1) is 11.3 Å². The maximum absolute atomic E-state index is 10.3. The van der Waals surface area contributed by atoms with Crippen LogP contribution in [0.5, 0.6) is 5.75 Å². The lowest BCUT2D eigenvalue weighted by Gasteiger charge is -2.23. The van der Waals surface area contributed by atoms with Crippen LogP contribution in [0.4, 0.5) is 0 Å². The van der Waals surface area contributed by atoms with Crippen LogP contribution in [0.2, 0.25) is 0 Å². The van der Waals surface area contributed by atoms with Gasteiger partial charge in [-0.3, -0.25) is 4.90 Å². The molecule has 0 radical (unpaired) electrons. The van der Waals surface area contributed by atoms with Crippen LogP contribution in [-0.2, 0) is 13.1 Å². The highest BCUT2D eigenvalue weighted by molar-refractivity contribution is 7.09. The summed E-state index contributed by atoms with van der Waals surface area (Å²) in [4.78, 5) is 3.43. The highest BCUT2D eigenvalue weighted by Gasteiger charge is 2.15. The molecule has 0 aliphatic carbocycles. The van der Waals surface area contributed by atoms with Gasteiger partial charge in [0, 0.05) is 18.0 Å². The number of para-hydroxylation sites is 1. The van der Waals surface area contributed by atoms with Crippen LogP contribution in [0.15, 0.2) is 70.7 Å². The summed E-state index contributed by atoms with van der Waals surface area (Å²) in [6.45, 7) is 2.22. The van der Waals surface area contributed by atoms with Crippen LogP contribution in [0, 0.1) is 0 Å². The monoisotopic (exact) mass is 343 g/mol. The van der Waals surface area contributed by atoms with Gasteiger partial charge in [-0.1, -0.05) is 24.3 Å². The molecular formula is C19H21NO3S. The van der Waals surface area contributed by atoms with E-state index in [0.29, 0.717) is 13.1 Å². The molecule has 0 amide bonds. The zero-order valence-corrected chi connectivity index (χ0v) is 14.2. The van der Waals surface area contributed by atoms with E-state index in [-0.39, 0.29) is 6.61 Å². The van der Waals surface area contributed by atoms with Gasteiger partial charge in [0.2, 0.25) is 0 Å². The van der Waals surface area contributed by atoms with Crippen molar-refractivity contribution in [2.45, 2.75) is 19.2 Å². The normalized spacial score (nSPS) is 12.4. The minimum absolute atomic E-state index is 0.267. The Hall–Kier alpha value is -2.08. The number of thiophene rings is 1. The van der Waals surface area contributed by atoms with Gasteiger partial charge in [0.1, 0.15) is 24.2 Å². The van der Waals surface area contributed by atoms with E-state index in [4.69, 9.17) is 9.15 Å². The van der Waals surface area contributed by atoms with Crippen molar-refractivity contribution in [3.63, 3.8) is 0 Å². The van der Waals surface area contributed by atoms with Crippen molar-refractivity contribution in [3.05, 3.63) is 76.9 Å². The molecule has 1 N–H and O–H groups in total. The van der Waals surface area contributed by atoms with Crippen molar-refractivity contribution in [2.75, 3.05) is 13.2 Å². The maximum atomic E-state index is 10.3. The van der Waals surface area contributed by atoms with Crippen LogP contribution in [-0.4, -0.2) is 29.3 Å². The Morgan fingerprint density at radius 1 is 1.04 bits per heavy atom. The van der Waals surface area contributed by atoms with Gasteiger partial charge in [0.05, 0.1) is 12.8 Å². The second kappa shape index (κ2) is 8.68. The zero-order chi connectivity index (χ0) is 16.6. The SMILES string of the molecule is OC(COc1ccccc1)CN(Cc1ccco1)Cc1cccs1. The molecule has 4 nitrogen and oxygen atoms in total. The summed E-state index contributed by atoms with van der Waals surface area (Å²) in [7, 11) is 0. The molecule has 0 fully saturated rings. The fraction of sp³-hybridized carbons (Fsp3) is 0.263. The topological polar surface area (TPSA) is 45.8 Å². The molecule has 0 saturated heterocycles. The van der Waals surface area contributed by atoms with Crippen LogP contribution < -0.4 is 4.74 Å². The highest BCUT2D eigenvalue weighted by Crippen LogP contribution is 2.16. The maximum Gasteiger partial charge on any atom is 0.119 e. The summed E-state index contributed by atoms with van der Waals surface area (Å²) in [5, 5.41) is 12.4. The smallest absolute Gasteiger partial charge is 0.119 e. The van der Waals surface area contributed by atoms with E-state index in [1.165, 1.54) is 4.88 Å². The van der Waals surface area contributed by atoms with Crippen LogP contribution in [0.3, 0.4) is 0 Å². The summed E-state index contributed by atoms with van der Waals surface area (Å²) >= 11 is 1.72. The molecule has 2 aromatic heterocycles. The van der Waals surface area contributed by atoms with Crippen molar-refractivity contribution >= 4 is 11.3 Å². The van der Waals surface area contributed by atoms with E-state index in [2.05, 4.69) is 16.3 Å². The molecule has 1 unspecified atom stereocenters. The van der Waals surface area contributed by atoms with Crippen molar-refractivity contribution in [1.29, 1.82) is 0 Å². The summed E-state index contributed by atoms with van der Waals surface area (Å²) in [6.07, 6.45) is 1.10. The Kier molecular flexibility index (Phi) is 6.07. The average Bonchev–Trinajstić information content (AvgIpc) is 3.28. The van der Waals surface area contributed by atoms with Crippen LogP contribution in [0.25, 0.3) is 0 Å². The molecule has 0 saturated carbocycles.